The number of carbonyl (C=O) groups excluding carboxylic acids is 2. The van der Waals surface area contributed by atoms with Gasteiger partial charge >= 0.3 is 0 Å². The van der Waals surface area contributed by atoms with Crippen molar-refractivity contribution < 1.29 is 14.0 Å². The topological polar surface area (TPSA) is 49.4 Å². The largest absolute Gasteiger partial charge is 0.323 e. The molecule has 0 unspecified atom stereocenters. The van der Waals surface area contributed by atoms with E-state index in [0.29, 0.717) is 19.4 Å². The molecule has 124 valence electrons. The first-order valence-corrected chi connectivity index (χ1v) is 8.01. The van der Waals surface area contributed by atoms with Crippen LogP contribution in [0.25, 0.3) is 0 Å². The number of hydrogen-bond donors (Lipinski definition) is 1. The molecule has 0 heterocycles. The summed E-state index contributed by atoms with van der Waals surface area (Å²) in [7, 11) is 0. The maximum atomic E-state index is 13.7. The van der Waals surface area contributed by atoms with Crippen LogP contribution >= 0.6 is 0 Å². The monoisotopic (exact) mass is 326 g/mol. The average molecular weight is 326 g/mol. The molecule has 5 heteroatoms. The number of anilines is 2. The van der Waals surface area contributed by atoms with Gasteiger partial charge < -0.3 is 10.2 Å². The first-order valence-electron chi connectivity index (χ1n) is 8.01. The van der Waals surface area contributed by atoms with Gasteiger partial charge in [-0.25, -0.2) is 4.39 Å². The summed E-state index contributed by atoms with van der Waals surface area (Å²) in [6.45, 7) is 2.34. The molecule has 3 rings (SSSR count). The maximum absolute atomic E-state index is 13.7. The van der Waals surface area contributed by atoms with Crippen LogP contribution in [-0.4, -0.2) is 18.4 Å². The number of nitrogens with one attached hydrogen (secondary N) is 1. The molecule has 2 aromatic rings. The van der Waals surface area contributed by atoms with Crippen molar-refractivity contribution in [3.05, 3.63) is 60.4 Å². The molecule has 0 spiro atoms. The first-order chi connectivity index (χ1) is 11.6. The van der Waals surface area contributed by atoms with Crippen LogP contribution in [0.3, 0.4) is 0 Å². The van der Waals surface area contributed by atoms with E-state index in [-0.39, 0.29) is 11.6 Å². The molecule has 2 amide bonds. The smallest absolute Gasteiger partial charge is 0.242 e. The van der Waals surface area contributed by atoms with E-state index in [0.717, 1.165) is 5.69 Å². The molecule has 1 aliphatic carbocycles. The average Bonchev–Trinajstić information content (AvgIpc) is 3.40. The third-order valence-corrected chi connectivity index (χ3v) is 4.35. The van der Waals surface area contributed by atoms with E-state index < -0.39 is 17.1 Å². The van der Waals surface area contributed by atoms with Crippen LogP contribution in [0.1, 0.15) is 19.8 Å². The van der Waals surface area contributed by atoms with E-state index in [1.54, 1.807) is 17.0 Å². The highest BCUT2D eigenvalue weighted by molar-refractivity contribution is 6.17. The highest BCUT2D eigenvalue weighted by atomic mass is 19.1. The zero-order valence-electron chi connectivity index (χ0n) is 13.5. The van der Waals surface area contributed by atoms with E-state index in [1.807, 2.05) is 37.3 Å². The lowest BCUT2D eigenvalue weighted by Gasteiger charge is -2.26. The highest BCUT2D eigenvalue weighted by Gasteiger charge is 2.58. The lowest BCUT2D eigenvalue weighted by atomic mass is 10.0. The molecule has 1 saturated carbocycles. The Hall–Kier alpha value is -2.69. The van der Waals surface area contributed by atoms with Gasteiger partial charge in [-0.3, -0.25) is 9.59 Å². The summed E-state index contributed by atoms with van der Waals surface area (Å²) in [5.41, 5.74) is -0.229. The van der Waals surface area contributed by atoms with Crippen LogP contribution in [0.5, 0.6) is 0 Å². The van der Waals surface area contributed by atoms with Gasteiger partial charge in [0.2, 0.25) is 11.8 Å². The van der Waals surface area contributed by atoms with Gasteiger partial charge in [-0.2, -0.15) is 0 Å². The van der Waals surface area contributed by atoms with Crippen molar-refractivity contribution in [1.29, 1.82) is 0 Å². The van der Waals surface area contributed by atoms with Crippen LogP contribution in [0.2, 0.25) is 0 Å². The summed E-state index contributed by atoms with van der Waals surface area (Å²) >= 11 is 0. The van der Waals surface area contributed by atoms with Gasteiger partial charge in [0.15, 0.2) is 0 Å². The summed E-state index contributed by atoms with van der Waals surface area (Å²) in [6, 6.07) is 15.2. The van der Waals surface area contributed by atoms with Gasteiger partial charge in [0.05, 0.1) is 5.69 Å². The molecule has 1 fully saturated rings. The summed E-state index contributed by atoms with van der Waals surface area (Å²) < 4.78 is 13.7. The van der Waals surface area contributed by atoms with Crippen molar-refractivity contribution in [3.63, 3.8) is 0 Å². The van der Waals surface area contributed by atoms with Crippen LogP contribution in [0, 0.1) is 11.2 Å². The first kappa shape index (κ1) is 16.2. The molecular formula is C19H19FN2O2. The summed E-state index contributed by atoms with van der Waals surface area (Å²) in [6.07, 6.45) is 0.963. The van der Waals surface area contributed by atoms with Crippen LogP contribution in [0.15, 0.2) is 54.6 Å². The van der Waals surface area contributed by atoms with E-state index in [9.17, 15) is 14.0 Å². The van der Waals surface area contributed by atoms with E-state index in [4.69, 9.17) is 0 Å². The number of halogens is 1. The molecule has 0 radical (unpaired) electrons. The van der Waals surface area contributed by atoms with Gasteiger partial charge in [0, 0.05) is 12.2 Å². The fraction of sp³-hybridized carbons (Fsp3) is 0.263. The number of carbonyl (C=O) groups is 2. The number of hydrogen-bond acceptors (Lipinski definition) is 2. The van der Waals surface area contributed by atoms with Crippen molar-refractivity contribution in [2.24, 2.45) is 5.41 Å². The summed E-state index contributed by atoms with van der Waals surface area (Å²) in [5, 5.41) is 2.56. The van der Waals surface area contributed by atoms with Gasteiger partial charge in [0.1, 0.15) is 11.2 Å². The second kappa shape index (κ2) is 6.43. The van der Waals surface area contributed by atoms with Crippen LogP contribution in [-0.2, 0) is 9.59 Å². The number of amides is 2. The zero-order valence-corrected chi connectivity index (χ0v) is 13.5. The molecule has 0 bridgehead atoms. The quantitative estimate of drug-likeness (QED) is 0.854. The minimum Gasteiger partial charge on any atom is -0.323 e. The molecule has 24 heavy (non-hydrogen) atoms. The summed E-state index contributed by atoms with van der Waals surface area (Å²) in [4.78, 5) is 27.2. The van der Waals surface area contributed by atoms with E-state index in [1.165, 1.54) is 12.1 Å². The highest BCUT2D eigenvalue weighted by Crippen LogP contribution is 2.48. The Balaban J connectivity index is 1.81. The molecule has 0 saturated heterocycles. The van der Waals surface area contributed by atoms with E-state index >= 15 is 0 Å². The molecule has 1 N–H and O–H groups in total. The minimum absolute atomic E-state index is 0.101. The molecule has 4 nitrogen and oxygen atoms in total. The Morgan fingerprint density at radius 2 is 1.71 bits per heavy atom. The van der Waals surface area contributed by atoms with Gasteiger partial charge in [0.25, 0.3) is 0 Å². The molecule has 0 atom stereocenters. The minimum atomic E-state index is -1.09. The Labute approximate surface area is 140 Å². The lowest BCUT2D eigenvalue weighted by Crippen LogP contribution is -2.43. The SMILES string of the molecule is CCN(C(=O)C1(C(=O)Nc2ccccc2F)CC1)c1ccccc1. The Morgan fingerprint density at radius 3 is 2.29 bits per heavy atom. The molecule has 0 aliphatic heterocycles. The van der Waals surface area contributed by atoms with Crippen molar-refractivity contribution in [2.75, 3.05) is 16.8 Å². The zero-order chi connectivity index (χ0) is 17.2. The molecule has 1 aliphatic rings. The Bertz CT molecular complexity index is 757. The van der Waals surface area contributed by atoms with Crippen molar-refractivity contribution in [3.8, 4) is 0 Å². The summed E-state index contributed by atoms with van der Waals surface area (Å²) in [5.74, 6) is -1.18. The lowest BCUT2D eigenvalue weighted by molar-refractivity contribution is -0.132. The third kappa shape index (κ3) is 2.89. The third-order valence-electron chi connectivity index (χ3n) is 4.35. The van der Waals surface area contributed by atoms with Crippen molar-refractivity contribution in [1.82, 2.24) is 0 Å². The fourth-order valence-corrected chi connectivity index (χ4v) is 2.78. The Morgan fingerprint density at radius 1 is 1.08 bits per heavy atom. The molecule has 2 aromatic carbocycles. The fourth-order valence-electron chi connectivity index (χ4n) is 2.78. The molecular weight excluding hydrogens is 307 g/mol. The molecule has 0 aromatic heterocycles. The van der Waals surface area contributed by atoms with E-state index in [2.05, 4.69) is 5.32 Å². The normalized spacial score (nSPS) is 14.8. The standard InChI is InChI=1S/C19H19FN2O2/c1-2-22(14-8-4-3-5-9-14)18(24)19(12-13-19)17(23)21-16-11-7-6-10-15(16)20/h3-11H,2,12-13H2,1H3,(H,21,23). The number of benzene rings is 2. The van der Waals surface area contributed by atoms with Gasteiger partial charge in [-0.05, 0) is 44.0 Å². The maximum Gasteiger partial charge on any atom is 0.242 e. The van der Waals surface area contributed by atoms with Gasteiger partial charge in [-0.15, -0.1) is 0 Å². The number of rotatable bonds is 5. The van der Waals surface area contributed by atoms with Crippen molar-refractivity contribution >= 4 is 23.2 Å². The van der Waals surface area contributed by atoms with Gasteiger partial charge in [-0.1, -0.05) is 30.3 Å². The second-order valence-electron chi connectivity index (χ2n) is 5.90. The number of para-hydroxylation sites is 2. The predicted molar refractivity (Wildman–Crippen MR) is 91.2 cm³/mol. The van der Waals surface area contributed by atoms with Crippen LogP contribution in [0.4, 0.5) is 15.8 Å². The number of nitrogens with zero attached hydrogens (tertiary/aromatic N) is 1. The predicted octanol–water partition coefficient (Wildman–Crippen LogP) is 3.60. The van der Waals surface area contributed by atoms with Crippen molar-refractivity contribution in [2.45, 2.75) is 19.8 Å². The van der Waals surface area contributed by atoms with Crippen LogP contribution < -0.4 is 10.2 Å². The Kier molecular flexibility index (Phi) is 4.34. The second-order valence-corrected chi connectivity index (χ2v) is 5.90.